The molecule has 8 heteroatoms. The zero-order valence-corrected chi connectivity index (χ0v) is 9.71. The van der Waals surface area contributed by atoms with Gasteiger partial charge in [0.25, 0.3) is 5.78 Å². The molecule has 0 spiro atoms. The average Bonchev–Trinajstić information content (AvgIpc) is 2.28. The van der Waals surface area contributed by atoms with Gasteiger partial charge in [-0.3, -0.25) is 9.63 Å². The van der Waals surface area contributed by atoms with Crippen LogP contribution in [0.3, 0.4) is 0 Å². The summed E-state index contributed by atoms with van der Waals surface area (Å²) in [6, 6.07) is 0. The van der Waals surface area contributed by atoms with Crippen LogP contribution in [0.15, 0.2) is 12.2 Å². The number of ether oxygens (including phenoxy) is 1. The number of alkyl halides is 3. The number of carbonyl (C=O) groups excluding carboxylic acids is 2. The maximum Gasteiger partial charge on any atom is 0.453 e. The molecule has 1 aliphatic rings. The Balaban J connectivity index is 3.15. The molecule has 1 N–H and O–H groups in total. The monoisotopic (exact) mass is 267 g/mol. The number of halogens is 3. The summed E-state index contributed by atoms with van der Waals surface area (Å²) in [4.78, 5) is 27.6. The zero-order valence-electron chi connectivity index (χ0n) is 9.71. The average molecular weight is 267 g/mol. The fourth-order valence-corrected chi connectivity index (χ4v) is 1.33. The third kappa shape index (κ3) is 2.70. The van der Waals surface area contributed by atoms with Crippen LogP contribution in [0.4, 0.5) is 13.2 Å². The number of nitrogens with one attached hydrogen (secondary N) is 1. The molecule has 102 valence electrons. The van der Waals surface area contributed by atoms with Crippen LogP contribution in [0.1, 0.15) is 13.8 Å². The van der Waals surface area contributed by atoms with Crippen molar-refractivity contribution in [2.75, 3.05) is 6.61 Å². The summed E-state index contributed by atoms with van der Waals surface area (Å²) in [6.45, 7) is 2.78. The molecule has 0 aromatic rings. The lowest BCUT2D eigenvalue weighted by atomic mass is 9.92. The molecule has 0 saturated carbocycles. The van der Waals surface area contributed by atoms with Crippen molar-refractivity contribution >= 4 is 11.8 Å². The van der Waals surface area contributed by atoms with E-state index >= 15 is 0 Å². The normalized spacial score (nSPS) is 27.9. The number of Topliss-reactive ketones (excluding diaryl/α,β-unsaturated/α-hetero) is 1. The predicted octanol–water partition coefficient (Wildman–Crippen LogP) is 0.899. The number of hydroxylamine groups is 1. The second kappa shape index (κ2) is 5.07. The van der Waals surface area contributed by atoms with Crippen LogP contribution in [-0.2, 0) is 19.2 Å². The Bertz CT molecular complexity index is 380. The topological polar surface area (TPSA) is 64.6 Å². The number of carbonyl (C=O) groups is 2. The lowest BCUT2D eigenvalue weighted by Crippen LogP contribution is -2.63. The number of hydrogen-bond donors (Lipinski definition) is 1. The second-order valence-electron chi connectivity index (χ2n) is 3.64. The molecule has 18 heavy (non-hydrogen) atoms. The lowest BCUT2D eigenvalue weighted by molar-refractivity contribution is -0.191. The highest BCUT2D eigenvalue weighted by molar-refractivity contribution is 6.13. The van der Waals surface area contributed by atoms with Gasteiger partial charge in [-0.05, 0) is 19.9 Å². The van der Waals surface area contributed by atoms with Gasteiger partial charge in [-0.2, -0.15) is 18.7 Å². The van der Waals surface area contributed by atoms with E-state index in [1.54, 1.807) is 0 Å². The first-order valence-electron chi connectivity index (χ1n) is 5.15. The Hall–Kier alpha value is -1.41. The number of rotatable bonds is 3. The van der Waals surface area contributed by atoms with Crippen molar-refractivity contribution in [1.82, 2.24) is 5.48 Å². The van der Waals surface area contributed by atoms with Gasteiger partial charge in [0.2, 0.25) is 5.54 Å². The maximum atomic E-state index is 12.5. The fourth-order valence-electron chi connectivity index (χ4n) is 1.33. The van der Waals surface area contributed by atoms with Crippen LogP contribution >= 0.6 is 0 Å². The quantitative estimate of drug-likeness (QED) is 0.467. The standard InChI is InChI=1S/C10H12F3NO4/c1-3-17-8(16)9(7(15)10(11,12)13)5-4-6(2)18-14-9/h4-6,14H,3H2,1-2H3/t6-,9+/m0/s1. The van der Waals surface area contributed by atoms with Gasteiger partial charge in [-0.1, -0.05) is 6.08 Å². The van der Waals surface area contributed by atoms with Gasteiger partial charge in [0.1, 0.15) is 0 Å². The van der Waals surface area contributed by atoms with Gasteiger partial charge in [0.15, 0.2) is 0 Å². The molecule has 0 fully saturated rings. The molecule has 1 heterocycles. The molecular formula is C10H12F3NO4. The van der Waals surface area contributed by atoms with E-state index in [0.717, 1.165) is 6.08 Å². The predicted molar refractivity (Wildman–Crippen MR) is 53.2 cm³/mol. The number of ketones is 1. The Morgan fingerprint density at radius 2 is 2.11 bits per heavy atom. The summed E-state index contributed by atoms with van der Waals surface area (Å²) < 4.78 is 42.0. The molecule has 0 aliphatic carbocycles. The van der Waals surface area contributed by atoms with Crippen molar-refractivity contribution in [3.05, 3.63) is 12.2 Å². The molecule has 1 aliphatic heterocycles. The Morgan fingerprint density at radius 1 is 1.50 bits per heavy atom. The Morgan fingerprint density at radius 3 is 2.50 bits per heavy atom. The van der Waals surface area contributed by atoms with Crippen LogP contribution < -0.4 is 5.48 Å². The highest BCUT2D eigenvalue weighted by Crippen LogP contribution is 2.28. The van der Waals surface area contributed by atoms with E-state index in [0.29, 0.717) is 0 Å². The Kier molecular flexibility index (Phi) is 4.12. The molecule has 0 amide bonds. The van der Waals surface area contributed by atoms with E-state index in [2.05, 4.69) is 4.74 Å². The van der Waals surface area contributed by atoms with Gasteiger partial charge >= 0.3 is 12.1 Å². The summed E-state index contributed by atoms with van der Waals surface area (Å²) in [5.41, 5.74) is -0.824. The van der Waals surface area contributed by atoms with Crippen LogP contribution in [0, 0.1) is 0 Å². The molecule has 0 saturated heterocycles. The van der Waals surface area contributed by atoms with Crippen molar-refractivity contribution in [2.45, 2.75) is 31.7 Å². The van der Waals surface area contributed by atoms with Crippen LogP contribution in [0.5, 0.6) is 0 Å². The van der Waals surface area contributed by atoms with E-state index in [1.165, 1.54) is 19.9 Å². The van der Waals surface area contributed by atoms with Crippen molar-refractivity contribution in [3.8, 4) is 0 Å². The van der Waals surface area contributed by atoms with E-state index < -0.39 is 29.6 Å². The molecular weight excluding hydrogens is 255 g/mol. The number of esters is 1. The molecule has 5 nitrogen and oxygen atoms in total. The first-order valence-corrected chi connectivity index (χ1v) is 5.15. The van der Waals surface area contributed by atoms with E-state index in [1.807, 2.05) is 5.48 Å². The van der Waals surface area contributed by atoms with E-state index in [-0.39, 0.29) is 6.61 Å². The van der Waals surface area contributed by atoms with E-state index in [4.69, 9.17) is 4.84 Å². The van der Waals surface area contributed by atoms with Gasteiger partial charge in [0, 0.05) is 0 Å². The minimum Gasteiger partial charge on any atom is -0.464 e. The summed E-state index contributed by atoms with van der Waals surface area (Å²) in [6.07, 6.45) is -3.76. The second-order valence-corrected chi connectivity index (χ2v) is 3.64. The minimum atomic E-state index is -5.19. The van der Waals surface area contributed by atoms with Gasteiger partial charge in [-0.25, -0.2) is 4.79 Å². The van der Waals surface area contributed by atoms with Crippen LogP contribution in [0.2, 0.25) is 0 Å². The van der Waals surface area contributed by atoms with Gasteiger partial charge in [-0.15, -0.1) is 0 Å². The van der Waals surface area contributed by atoms with E-state index in [9.17, 15) is 22.8 Å². The summed E-state index contributed by atoms with van der Waals surface area (Å²) in [7, 11) is 0. The van der Waals surface area contributed by atoms with Crippen LogP contribution in [-0.4, -0.2) is 36.2 Å². The molecule has 0 bridgehead atoms. The molecule has 1 rings (SSSR count). The minimum absolute atomic E-state index is 0.156. The zero-order chi connectivity index (χ0) is 14.0. The third-order valence-electron chi connectivity index (χ3n) is 2.24. The lowest BCUT2D eigenvalue weighted by Gasteiger charge is -2.32. The molecule has 0 radical (unpaired) electrons. The molecule has 0 aromatic carbocycles. The van der Waals surface area contributed by atoms with Crippen LogP contribution in [0.25, 0.3) is 0 Å². The Labute approximate surface area is 101 Å². The smallest absolute Gasteiger partial charge is 0.453 e. The fraction of sp³-hybridized carbons (Fsp3) is 0.600. The van der Waals surface area contributed by atoms with Crippen molar-refractivity contribution in [3.63, 3.8) is 0 Å². The first kappa shape index (κ1) is 14.7. The molecule has 0 aromatic heterocycles. The summed E-state index contributed by atoms with van der Waals surface area (Å²) in [5.74, 6) is -3.63. The largest absolute Gasteiger partial charge is 0.464 e. The summed E-state index contributed by atoms with van der Waals surface area (Å²) >= 11 is 0. The maximum absolute atomic E-state index is 12.5. The molecule has 2 atom stereocenters. The SMILES string of the molecule is CCOC(=O)[C@]1(C(=O)C(F)(F)F)C=C[C@H](C)ON1. The highest BCUT2D eigenvalue weighted by Gasteiger charge is 2.58. The van der Waals surface area contributed by atoms with Crippen molar-refractivity contribution in [1.29, 1.82) is 0 Å². The van der Waals surface area contributed by atoms with Crippen molar-refractivity contribution < 1.29 is 32.3 Å². The highest BCUT2D eigenvalue weighted by atomic mass is 19.4. The summed E-state index contributed by atoms with van der Waals surface area (Å²) in [5, 5.41) is 0. The van der Waals surface area contributed by atoms with Crippen molar-refractivity contribution in [2.24, 2.45) is 0 Å². The molecule has 0 unspecified atom stereocenters. The van der Waals surface area contributed by atoms with Gasteiger partial charge < -0.3 is 4.74 Å². The third-order valence-corrected chi connectivity index (χ3v) is 2.24. The first-order chi connectivity index (χ1) is 8.24. The van der Waals surface area contributed by atoms with Gasteiger partial charge in [0.05, 0.1) is 12.7 Å². The number of hydrogen-bond acceptors (Lipinski definition) is 5.